The smallest absolute Gasteiger partial charge is 0.0646 e. The van der Waals surface area contributed by atoms with Crippen molar-refractivity contribution in [2.45, 2.75) is 0 Å². The molecule has 0 unspecified atom stereocenters. The van der Waals surface area contributed by atoms with Gasteiger partial charge in [0.05, 0.1) is 34.2 Å². The van der Waals surface area contributed by atoms with Crippen LogP contribution in [0.25, 0.3) is 22.3 Å². The van der Waals surface area contributed by atoms with Crippen LogP contribution in [0.3, 0.4) is 0 Å². The first-order valence-electron chi connectivity index (χ1n) is 8.58. The second-order valence-electron chi connectivity index (χ2n) is 6.12. The Bertz CT molecular complexity index is 925. The minimum absolute atomic E-state index is 1.16. The molecule has 1 nitrogen and oxygen atoms in total. The van der Waals surface area contributed by atoms with Crippen molar-refractivity contribution in [2.24, 2.45) is 0 Å². The Hall–Kier alpha value is -2.59. The van der Waals surface area contributed by atoms with Crippen molar-refractivity contribution in [3.05, 3.63) is 109 Å². The van der Waals surface area contributed by atoms with E-state index in [1.165, 1.54) is 22.3 Å². The molecule has 0 radical (unpaired) electrons. The van der Waals surface area contributed by atoms with Gasteiger partial charge in [-0.2, -0.15) is 0 Å². The molecule has 0 amide bonds. The van der Waals surface area contributed by atoms with Crippen molar-refractivity contribution in [1.29, 1.82) is 0 Å². The number of nitrogens with zero attached hydrogens (tertiary/aromatic N) is 1. The summed E-state index contributed by atoms with van der Waals surface area (Å²) in [5.74, 6) is 0. The van der Waals surface area contributed by atoms with Crippen molar-refractivity contribution in [2.75, 3.05) is 3.11 Å². The number of anilines is 2. The lowest BCUT2D eigenvalue weighted by Crippen LogP contribution is -2.01. The van der Waals surface area contributed by atoms with Crippen LogP contribution in [0.2, 0.25) is 0 Å². The fraction of sp³-hybridized carbons (Fsp3) is 0. The molecule has 0 aliphatic carbocycles. The molecule has 4 rings (SSSR count). The molecule has 0 spiro atoms. The fourth-order valence-corrected chi connectivity index (χ4v) is 3.63. The number of para-hydroxylation sites is 1. The van der Waals surface area contributed by atoms with Gasteiger partial charge in [0, 0.05) is 0 Å². The molecule has 0 saturated carbocycles. The highest BCUT2D eigenvalue weighted by Gasteiger charge is 2.10. The minimum atomic E-state index is 1.16. The van der Waals surface area contributed by atoms with Gasteiger partial charge in [-0.15, -0.1) is 0 Å². The summed E-state index contributed by atoms with van der Waals surface area (Å²) in [4.78, 5) is 0. The SMILES string of the molecule is IN(c1ccccc1)c1cc(-c2ccccc2)cc(-c2ccccc2)c1. The maximum absolute atomic E-state index is 2.38. The van der Waals surface area contributed by atoms with E-state index in [0.717, 1.165) is 11.4 Å². The summed E-state index contributed by atoms with van der Waals surface area (Å²) in [5, 5.41) is 0. The van der Waals surface area contributed by atoms with Crippen molar-refractivity contribution in [3.8, 4) is 22.3 Å². The van der Waals surface area contributed by atoms with E-state index in [9.17, 15) is 0 Å². The van der Waals surface area contributed by atoms with E-state index in [1.54, 1.807) is 0 Å². The van der Waals surface area contributed by atoms with E-state index in [4.69, 9.17) is 0 Å². The molecular weight excluding hydrogens is 429 g/mol. The average molecular weight is 447 g/mol. The van der Waals surface area contributed by atoms with Crippen LogP contribution in [0.5, 0.6) is 0 Å². The second-order valence-corrected chi connectivity index (χ2v) is 7.08. The minimum Gasteiger partial charge on any atom is -0.283 e. The van der Waals surface area contributed by atoms with Crippen LogP contribution in [-0.2, 0) is 0 Å². The summed E-state index contributed by atoms with van der Waals surface area (Å²) in [6.07, 6.45) is 0. The van der Waals surface area contributed by atoms with Crippen LogP contribution < -0.4 is 3.11 Å². The molecule has 0 saturated heterocycles. The average Bonchev–Trinajstić information content (AvgIpc) is 2.75. The van der Waals surface area contributed by atoms with Gasteiger partial charge in [-0.25, -0.2) is 0 Å². The summed E-state index contributed by atoms with van der Waals surface area (Å²) in [6, 6.07) is 38.3. The summed E-state index contributed by atoms with van der Waals surface area (Å²) < 4.78 is 2.20. The third-order valence-electron chi connectivity index (χ3n) is 4.34. The molecule has 0 N–H and O–H groups in total. The molecule has 0 aliphatic heterocycles. The number of hydrogen-bond acceptors (Lipinski definition) is 1. The molecule has 26 heavy (non-hydrogen) atoms. The number of rotatable bonds is 4. The monoisotopic (exact) mass is 447 g/mol. The van der Waals surface area contributed by atoms with Crippen molar-refractivity contribution < 1.29 is 0 Å². The number of benzene rings is 4. The predicted octanol–water partition coefficient (Wildman–Crippen LogP) is 7.51. The van der Waals surface area contributed by atoms with E-state index >= 15 is 0 Å². The Morgan fingerprint density at radius 1 is 0.423 bits per heavy atom. The Balaban J connectivity index is 1.86. The molecule has 4 aromatic rings. The van der Waals surface area contributed by atoms with Gasteiger partial charge in [-0.1, -0.05) is 78.9 Å². The molecule has 126 valence electrons. The lowest BCUT2D eigenvalue weighted by atomic mass is 9.98. The van der Waals surface area contributed by atoms with Crippen LogP contribution in [0.1, 0.15) is 0 Å². The summed E-state index contributed by atoms with van der Waals surface area (Å²) in [5.41, 5.74) is 7.22. The molecule has 0 atom stereocenters. The highest BCUT2D eigenvalue weighted by atomic mass is 127. The van der Waals surface area contributed by atoms with E-state index < -0.39 is 0 Å². The Morgan fingerprint density at radius 3 is 1.31 bits per heavy atom. The van der Waals surface area contributed by atoms with Gasteiger partial charge in [-0.3, -0.25) is 3.11 Å². The highest BCUT2D eigenvalue weighted by Crippen LogP contribution is 2.36. The van der Waals surface area contributed by atoms with Gasteiger partial charge in [0.15, 0.2) is 0 Å². The van der Waals surface area contributed by atoms with Crippen molar-refractivity contribution in [3.63, 3.8) is 0 Å². The maximum atomic E-state index is 2.38. The van der Waals surface area contributed by atoms with E-state index in [1.807, 2.05) is 6.07 Å². The van der Waals surface area contributed by atoms with Gasteiger partial charge >= 0.3 is 0 Å². The summed E-state index contributed by atoms with van der Waals surface area (Å²) >= 11 is 2.38. The normalized spacial score (nSPS) is 10.5. The fourth-order valence-electron chi connectivity index (χ4n) is 3.03. The zero-order chi connectivity index (χ0) is 17.8. The van der Waals surface area contributed by atoms with Crippen LogP contribution in [0.4, 0.5) is 11.4 Å². The molecule has 0 heterocycles. The van der Waals surface area contributed by atoms with Gasteiger partial charge < -0.3 is 0 Å². The summed E-state index contributed by atoms with van der Waals surface area (Å²) in [6.45, 7) is 0. The van der Waals surface area contributed by atoms with Gasteiger partial charge in [0.2, 0.25) is 0 Å². The van der Waals surface area contributed by atoms with Crippen LogP contribution in [0, 0.1) is 0 Å². The molecule has 0 bridgehead atoms. The molecule has 2 heteroatoms. The summed E-state index contributed by atoms with van der Waals surface area (Å²) in [7, 11) is 0. The van der Waals surface area contributed by atoms with Crippen LogP contribution in [0.15, 0.2) is 109 Å². The van der Waals surface area contributed by atoms with Gasteiger partial charge in [-0.05, 0) is 52.6 Å². The Kier molecular flexibility index (Phi) is 5.02. The van der Waals surface area contributed by atoms with Gasteiger partial charge in [0.25, 0.3) is 0 Å². The maximum Gasteiger partial charge on any atom is 0.0646 e. The standard InChI is InChI=1S/C24H18IN/c25-26(23-14-8-3-9-15-23)24-17-21(19-10-4-1-5-11-19)16-22(18-24)20-12-6-2-7-13-20/h1-18H. The largest absolute Gasteiger partial charge is 0.283 e. The van der Waals surface area contributed by atoms with Crippen molar-refractivity contribution in [1.82, 2.24) is 0 Å². The quantitative estimate of drug-likeness (QED) is 0.231. The van der Waals surface area contributed by atoms with E-state index in [-0.39, 0.29) is 0 Å². The second kappa shape index (κ2) is 7.75. The first-order chi connectivity index (χ1) is 12.8. The lowest BCUT2D eigenvalue weighted by Gasteiger charge is -2.19. The number of hydrogen-bond donors (Lipinski definition) is 0. The van der Waals surface area contributed by atoms with Gasteiger partial charge in [0.1, 0.15) is 0 Å². The molecule has 4 aromatic carbocycles. The molecular formula is C24H18IN. The van der Waals surface area contributed by atoms with E-state index in [0.29, 0.717) is 0 Å². The molecule has 0 aromatic heterocycles. The third kappa shape index (κ3) is 3.65. The lowest BCUT2D eigenvalue weighted by molar-refractivity contribution is 1.46. The molecule has 0 fully saturated rings. The van der Waals surface area contributed by atoms with E-state index in [2.05, 4.69) is 129 Å². The van der Waals surface area contributed by atoms with Crippen LogP contribution in [-0.4, -0.2) is 0 Å². The predicted molar refractivity (Wildman–Crippen MR) is 120 cm³/mol. The zero-order valence-corrected chi connectivity index (χ0v) is 16.4. The first kappa shape index (κ1) is 16.9. The Morgan fingerprint density at radius 2 is 0.846 bits per heavy atom. The van der Waals surface area contributed by atoms with Crippen LogP contribution >= 0.6 is 22.9 Å². The van der Waals surface area contributed by atoms with Crippen molar-refractivity contribution >= 4 is 34.2 Å². The first-order valence-corrected chi connectivity index (χ1v) is 9.55. The Labute approximate surface area is 168 Å². The zero-order valence-electron chi connectivity index (χ0n) is 14.2. The topological polar surface area (TPSA) is 3.24 Å². The molecule has 0 aliphatic rings. The third-order valence-corrected chi connectivity index (χ3v) is 5.46. The number of halogens is 1. The highest BCUT2D eigenvalue weighted by molar-refractivity contribution is 14.1.